The molecule has 0 saturated heterocycles. The average molecular weight is 267 g/mol. The summed E-state index contributed by atoms with van der Waals surface area (Å²) in [5.41, 5.74) is 6.66. The summed E-state index contributed by atoms with van der Waals surface area (Å²) in [7, 11) is 0. The Morgan fingerprint density at radius 3 is 2.93 bits per heavy atom. The van der Waals surface area contributed by atoms with E-state index in [1.165, 1.54) is 0 Å². The number of benzene rings is 1. The topological polar surface area (TPSA) is 55.1 Å². The molecule has 1 aromatic carbocycles. The molecule has 1 unspecified atom stereocenters. The third-order valence-electron chi connectivity index (χ3n) is 1.87. The minimum Gasteiger partial charge on any atom is -0.398 e. The summed E-state index contributed by atoms with van der Waals surface area (Å²) in [4.78, 5) is 11.7. The molecule has 0 aromatic heterocycles. The second-order valence-corrected chi connectivity index (χ2v) is 3.86. The van der Waals surface area contributed by atoms with E-state index in [0.29, 0.717) is 15.7 Å². The first kappa shape index (κ1) is 11.6. The van der Waals surface area contributed by atoms with Crippen LogP contribution in [0.4, 0.5) is 5.69 Å². The van der Waals surface area contributed by atoms with Crippen molar-refractivity contribution in [3.05, 3.63) is 28.2 Å². The Morgan fingerprint density at radius 1 is 1.67 bits per heavy atom. The highest BCUT2D eigenvalue weighted by Crippen LogP contribution is 2.23. The Hall–Kier alpha value is -1.47. The van der Waals surface area contributed by atoms with Gasteiger partial charge in [-0.25, -0.2) is 0 Å². The summed E-state index contributed by atoms with van der Waals surface area (Å²) in [5.74, 6) is 2.18. The molecule has 0 aliphatic carbocycles. The van der Waals surface area contributed by atoms with Crippen molar-refractivity contribution in [1.29, 1.82) is 0 Å². The number of hydrogen-bond acceptors (Lipinski definition) is 2. The number of amides is 1. The van der Waals surface area contributed by atoms with Crippen LogP contribution in [0.1, 0.15) is 17.3 Å². The van der Waals surface area contributed by atoms with Crippen LogP contribution in [0.3, 0.4) is 0 Å². The molecule has 0 saturated carbocycles. The van der Waals surface area contributed by atoms with Crippen molar-refractivity contribution >= 4 is 27.5 Å². The molecule has 0 bridgehead atoms. The van der Waals surface area contributed by atoms with Crippen LogP contribution in [0.5, 0.6) is 0 Å². The molecule has 0 aliphatic heterocycles. The van der Waals surface area contributed by atoms with Crippen LogP contribution in [0.25, 0.3) is 0 Å². The smallest absolute Gasteiger partial charge is 0.253 e. The number of terminal acetylenes is 1. The lowest BCUT2D eigenvalue weighted by Crippen LogP contribution is -2.31. The maximum atomic E-state index is 11.7. The normalized spacial score (nSPS) is 11.5. The number of nitrogens with two attached hydrogens (primary N) is 1. The van der Waals surface area contributed by atoms with Gasteiger partial charge in [-0.05, 0) is 35.0 Å². The average Bonchev–Trinajstić information content (AvgIpc) is 2.21. The zero-order valence-electron chi connectivity index (χ0n) is 8.25. The van der Waals surface area contributed by atoms with E-state index in [2.05, 4.69) is 27.2 Å². The van der Waals surface area contributed by atoms with E-state index in [9.17, 15) is 4.79 Å². The van der Waals surface area contributed by atoms with E-state index in [-0.39, 0.29) is 11.9 Å². The van der Waals surface area contributed by atoms with Gasteiger partial charge in [0.25, 0.3) is 5.91 Å². The van der Waals surface area contributed by atoms with Crippen LogP contribution in [-0.4, -0.2) is 11.9 Å². The van der Waals surface area contributed by atoms with Gasteiger partial charge in [-0.15, -0.1) is 6.42 Å². The number of anilines is 1. The molecule has 3 N–H and O–H groups in total. The molecule has 0 fully saturated rings. The molecule has 78 valence electrons. The summed E-state index contributed by atoms with van der Waals surface area (Å²) >= 11 is 3.26. The minimum atomic E-state index is -0.300. The third-order valence-corrected chi connectivity index (χ3v) is 2.76. The number of nitrogens with one attached hydrogen (secondary N) is 1. The number of hydrogen-bond donors (Lipinski definition) is 2. The Bertz CT molecular complexity index is 423. The Balaban J connectivity index is 2.93. The van der Waals surface area contributed by atoms with Gasteiger partial charge in [0.15, 0.2) is 0 Å². The monoisotopic (exact) mass is 266 g/mol. The number of halogens is 1. The van der Waals surface area contributed by atoms with Gasteiger partial charge < -0.3 is 11.1 Å². The van der Waals surface area contributed by atoms with Crippen molar-refractivity contribution in [2.45, 2.75) is 13.0 Å². The quantitative estimate of drug-likeness (QED) is 0.634. The molecule has 3 nitrogen and oxygen atoms in total. The molecule has 0 heterocycles. The second kappa shape index (κ2) is 4.85. The van der Waals surface area contributed by atoms with Crippen LogP contribution >= 0.6 is 15.9 Å². The highest BCUT2D eigenvalue weighted by Gasteiger charge is 2.12. The van der Waals surface area contributed by atoms with E-state index < -0.39 is 0 Å². The maximum Gasteiger partial charge on any atom is 0.253 e. The summed E-state index contributed by atoms with van der Waals surface area (Å²) in [5, 5.41) is 2.65. The molecule has 1 aromatic rings. The summed E-state index contributed by atoms with van der Waals surface area (Å²) in [6.45, 7) is 1.73. The van der Waals surface area contributed by atoms with Crippen LogP contribution in [0.15, 0.2) is 22.7 Å². The van der Waals surface area contributed by atoms with Crippen molar-refractivity contribution in [3.63, 3.8) is 0 Å². The van der Waals surface area contributed by atoms with Gasteiger partial charge in [0.1, 0.15) is 0 Å². The SMILES string of the molecule is C#CC(C)NC(=O)c1cccc(N)c1Br. The first-order chi connectivity index (χ1) is 7.06. The predicted octanol–water partition coefficient (Wildman–Crippen LogP) is 1.78. The van der Waals surface area contributed by atoms with Crippen molar-refractivity contribution in [2.75, 3.05) is 5.73 Å². The fourth-order valence-corrected chi connectivity index (χ4v) is 1.49. The zero-order valence-corrected chi connectivity index (χ0v) is 9.84. The van der Waals surface area contributed by atoms with Crippen molar-refractivity contribution in [3.8, 4) is 12.3 Å². The number of nitrogen functional groups attached to an aromatic ring is 1. The van der Waals surface area contributed by atoms with Crippen LogP contribution in [0.2, 0.25) is 0 Å². The Labute approximate surface area is 97.2 Å². The second-order valence-electron chi connectivity index (χ2n) is 3.07. The van der Waals surface area contributed by atoms with Crippen LogP contribution < -0.4 is 11.1 Å². The van der Waals surface area contributed by atoms with Gasteiger partial charge in [-0.3, -0.25) is 4.79 Å². The minimum absolute atomic E-state index is 0.236. The van der Waals surface area contributed by atoms with Crippen molar-refractivity contribution < 1.29 is 4.79 Å². The molecule has 1 amide bonds. The third kappa shape index (κ3) is 2.74. The standard InChI is InChI=1S/C11H11BrN2O/c1-3-7(2)14-11(15)8-5-4-6-9(13)10(8)12/h1,4-7H,13H2,2H3,(H,14,15). The largest absolute Gasteiger partial charge is 0.398 e. The van der Waals surface area contributed by atoms with E-state index in [1.54, 1.807) is 25.1 Å². The lowest BCUT2D eigenvalue weighted by molar-refractivity contribution is 0.0947. The number of rotatable bonds is 2. The molecular weight excluding hydrogens is 256 g/mol. The molecule has 1 rings (SSSR count). The molecule has 1 atom stereocenters. The lowest BCUT2D eigenvalue weighted by atomic mass is 10.2. The van der Waals surface area contributed by atoms with Crippen LogP contribution in [-0.2, 0) is 0 Å². The van der Waals surface area contributed by atoms with E-state index in [1.807, 2.05) is 0 Å². The molecule has 0 spiro atoms. The maximum absolute atomic E-state index is 11.7. The summed E-state index contributed by atoms with van der Waals surface area (Å²) in [6, 6.07) is 4.81. The molecule has 4 heteroatoms. The highest BCUT2D eigenvalue weighted by molar-refractivity contribution is 9.10. The van der Waals surface area contributed by atoms with Gasteiger partial charge in [0.05, 0.1) is 16.1 Å². The highest BCUT2D eigenvalue weighted by atomic mass is 79.9. The van der Waals surface area contributed by atoms with Gasteiger partial charge in [-0.2, -0.15) is 0 Å². The van der Waals surface area contributed by atoms with Gasteiger partial charge >= 0.3 is 0 Å². The van der Waals surface area contributed by atoms with E-state index in [0.717, 1.165) is 0 Å². The zero-order chi connectivity index (χ0) is 11.4. The summed E-state index contributed by atoms with van der Waals surface area (Å²) < 4.78 is 0.590. The first-order valence-electron chi connectivity index (χ1n) is 4.37. The fourth-order valence-electron chi connectivity index (χ4n) is 1.04. The predicted molar refractivity (Wildman–Crippen MR) is 64.3 cm³/mol. The molecular formula is C11H11BrN2O. The van der Waals surface area contributed by atoms with Crippen LogP contribution in [0, 0.1) is 12.3 Å². The molecule has 0 radical (unpaired) electrons. The summed E-state index contributed by atoms with van der Waals surface area (Å²) in [6.07, 6.45) is 5.17. The molecule has 15 heavy (non-hydrogen) atoms. The Morgan fingerprint density at radius 2 is 2.33 bits per heavy atom. The number of carbonyl (C=O) groups is 1. The first-order valence-corrected chi connectivity index (χ1v) is 5.16. The van der Waals surface area contributed by atoms with Gasteiger partial charge in [0.2, 0.25) is 0 Å². The van der Waals surface area contributed by atoms with E-state index >= 15 is 0 Å². The van der Waals surface area contributed by atoms with Crippen molar-refractivity contribution in [1.82, 2.24) is 5.32 Å². The fraction of sp³-hybridized carbons (Fsp3) is 0.182. The van der Waals surface area contributed by atoms with Gasteiger partial charge in [0, 0.05) is 5.69 Å². The molecule has 0 aliphatic rings. The number of carbonyl (C=O) groups excluding carboxylic acids is 1. The lowest BCUT2D eigenvalue weighted by Gasteiger charge is -2.09. The Kier molecular flexibility index (Phi) is 3.75. The van der Waals surface area contributed by atoms with Crippen molar-refractivity contribution in [2.24, 2.45) is 0 Å². The van der Waals surface area contributed by atoms with Gasteiger partial charge in [-0.1, -0.05) is 12.0 Å². The van der Waals surface area contributed by atoms with E-state index in [4.69, 9.17) is 12.2 Å².